The van der Waals surface area contributed by atoms with Gasteiger partial charge in [-0.3, -0.25) is 19.7 Å². The number of benzene rings is 1. The van der Waals surface area contributed by atoms with E-state index in [2.05, 4.69) is 5.32 Å². The summed E-state index contributed by atoms with van der Waals surface area (Å²) in [5.41, 5.74) is -1.90. The number of carbonyl (C=O) groups excluding carboxylic acids is 1. The van der Waals surface area contributed by atoms with Crippen LogP contribution in [-0.4, -0.2) is 42.2 Å². The standard InChI is InChI=1S/C15H20N2O7/c1-5-24-12-7-10(17(21)22)9(6-11(12)23-4)13(18)16-8-15(2,3)14(19)20/h6-7H,5,8H2,1-4H3,(H,16,18)(H,19,20). The van der Waals surface area contributed by atoms with Gasteiger partial charge < -0.3 is 19.9 Å². The third kappa shape index (κ3) is 4.34. The molecule has 24 heavy (non-hydrogen) atoms. The minimum atomic E-state index is -1.21. The summed E-state index contributed by atoms with van der Waals surface area (Å²) in [5, 5.41) is 22.7. The van der Waals surface area contributed by atoms with Crippen LogP contribution >= 0.6 is 0 Å². The molecule has 0 aromatic heterocycles. The van der Waals surface area contributed by atoms with Crippen LogP contribution in [-0.2, 0) is 4.79 Å². The summed E-state index contributed by atoms with van der Waals surface area (Å²) in [6.07, 6.45) is 0. The van der Waals surface area contributed by atoms with Gasteiger partial charge in [-0.25, -0.2) is 0 Å². The molecule has 1 amide bonds. The molecular formula is C15H20N2O7. The molecule has 2 N–H and O–H groups in total. The first kappa shape index (κ1) is 19.2. The van der Waals surface area contributed by atoms with E-state index in [4.69, 9.17) is 14.6 Å². The van der Waals surface area contributed by atoms with Crippen LogP contribution in [0.3, 0.4) is 0 Å². The van der Waals surface area contributed by atoms with Crippen molar-refractivity contribution in [3.8, 4) is 11.5 Å². The van der Waals surface area contributed by atoms with E-state index in [0.29, 0.717) is 0 Å². The number of hydrogen-bond acceptors (Lipinski definition) is 6. The van der Waals surface area contributed by atoms with Gasteiger partial charge in [-0.15, -0.1) is 0 Å². The maximum atomic E-state index is 12.3. The predicted octanol–water partition coefficient (Wildman–Crippen LogP) is 1.84. The van der Waals surface area contributed by atoms with E-state index >= 15 is 0 Å². The summed E-state index contributed by atoms with van der Waals surface area (Å²) < 4.78 is 10.3. The number of amides is 1. The third-order valence-electron chi connectivity index (χ3n) is 3.29. The molecule has 0 heterocycles. The summed E-state index contributed by atoms with van der Waals surface area (Å²) >= 11 is 0. The lowest BCUT2D eigenvalue weighted by Gasteiger charge is -2.19. The molecule has 9 heteroatoms. The lowest BCUT2D eigenvalue weighted by molar-refractivity contribution is -0.385. The fraction of sp³-hybridized carbons (Fsp3) is 0.467. The second kappa shape index (κ2) is 7.62. The molecule has 0 bridgehead atoms. The maximum absolute atomic E-state index is 12.3. The number of methoxy groups -OCH3 is 1. The third-order valence-corrected chi connectivity index (χ3v) is 3.29. The first-order chi connectivity index (χ1) is 11.1. The Labute approximate surface area is 138 Å². The van der Waals surface area contributed by atoms with Crippen LogP contribution in [0, 0.1) is 15.5 Å². The molecule has 1 aromatic rings. The van der Waals surface area contributed by atoms with Gasteiger partial charge in [-0.05, 0) is 20.8 Å². The number of nitro benzene ring substituents is 1. The highest BCUT2D eigenvalue weighted by atomic mass is 16.6. The van der Waals surface area contributed by atoms with Gasteiger partial charge in [0.05, 0.1) is 30.1 Å². The van der Waals surface area contributed by atoms with Crippen molar-refractivity contribution in [2.75, 3.05) is 20.3 Å². The van der Waals surface area contributed by atoms with Crippen molar-refractivity contribution in [2.45, 2.75) is 20.8 Å². The second-order valence-electron chi connectivity index (χ2n) is 5.58. The lowest BCUT2D eigenvalue weighted by Crippen LogP contribution is -2.39. The molecule has 0 aliphatic heterocycles. The van der Waals surface area contributed by atoms with Gasteiger partial charge in [0.1, 0.15) is 5.56 Å². The zero-order valence-corrected chi connectivity index (χ0v) is 13.9. The van der Waals surface area contributed by atoms with Crippen molar-refractivity contribution in [1.82, 2.24) is 5.32 Å². The van der Waals surface area contributed by atoms with Gasteiger partial charge in [0.2, 0.25) is 0 Å². The van der Waals surface area contributed by atoms with Crippen LogP contribution < -0.4 is 14.8 Å². The Balaban J connectivity index is 3.19. The summed E-state index contributed by atoms with van der Waals surface area (Å²) in [7, 11) is 1.35. The molecule has 132 valence electrons. The number of aliphatic carboxylic acids is 1. The van der Waals surface area contributed by atoms with Crippen LogP contribution in [0.4, 0.5) is 5.69 Å². The van der Waals surface area contributed by atoms with Crippen LogP contribution in [0.1, 0.15) is 31.1 Å². The molecule has 0 atom stereocenters. The number of nitro groups is 1. The predicted molar refractivity (Wildman–Crippen MR) is 84.6 cm³/mol. The molecule has 0 spiro atoms. The fourth-order valence-electron chi connectivity index (χ4n) is 1.78. The summed E-state index contributed by atoms with van der Waals surface area (Å²) in [6, 6.07) is 2.31. The Morgan fingerprint density at radius 1 is 1.33 bits per heavy atom. The molecule has 0 radical (unpaired) electrons. The van der Waals surface area contributed by atoms with E-state index < -0.39 is 27.9 Å². The minimum Gasteiger partial charge on any atom is -0.493 e. The lowest BCUT2D eigenvalue weighted by atomic mass is 9.94. The second-order valence-corrected chi connectivity index (χ2v) is 5.58. The number of hydrogen-bond donors (Lipinski definition) is 2. The van der Waals surface area contributed by atoms with Gasteiger partial charge in [0.25, 0.3) is 11.6 Å². The highest BCUT2D eigenvalue weighted by molar-refractivity contribution is 5.99. The van der Waals surface area contributed by atoms with Crippen molar-refractivity contribution in [1.29, 1.82) is 0 Å². The number of nitrogens with one attached hydrogen (secondary N) is 1. The van der Waals surface area contributed by atoms with Crippen LogP contribution in [0.5, 0.6) is 11.5 Å². The molecule has 1 rings (SSSR count). The number of rotatable bonds is 8. The van der Waals surface area contributed by atoms with Crippen molar-refractivity contribution in [3.63, 3.8) is 0 Å². The van der Waals surface area contributed by atoms with Crippen molar-refractivity contribution in [2.24, 2.45) is 5.41 Å². The molecule has 1 aromatic carbocycles. The minimum absolute atomic E-state index is 0.147. The van der Waals surface area contributed by atoms with E-state index in [9.17, 15) is 19.7 Å². The highest BCUT2D eigenvalue weighted by Gasteiger charge is 2.30. The van der Waals surface area contributed by atoms with Gasteiger partial charge in [-0.2, -0.15) is 0 Å². The summed E-state index contributed by atoms with van der Waals surface area (Å²) in [5.74, 6) is -1.54. The average molecular weight is 340 g/mol. The number of ether oxygens (including phenoxy) is 2. The SMILES string of the molecule is CCOc1cc([N+](=O)[O-])c(C(=O)NCC(C)(C)C(=O)O)cc1OC. The number of carbonyl (C=O) groups is 2. The summed E-state index contributed by atoms with van der Waals surface area (Å²) in [6.45, 7) is 4.66. The average Bonchev–Trinajstić information content (AvgIpc) is 2.52. The first-order valence-corrected chi connectivity index (χ1v) is 7.14. The Kier molecular flexibility index (Phi) is 6.10. The van der Waals surface area contributed by atoms with Crippen molar-refractivity contribution in [3.05, 3.63) is 27.8 Å². The Hall–Kier alpha value is -2.84. The molecule has 0 aliphatic rings. The summed E-state index contributed by atoms with van der Waals surface area (Å²) in [4.78, 5) is 33.9. The molecule has 0 saturated carbocycles. The van der Waals surface area contributed by atoms with E-state index in [1.54, 1.807) is 6.92 Å². The quantitative estimate of drug-likeness (QED) is 0.546. The van der Waals surface area contributed by atoms with Gasteiger partial charge in [0, 0.05) is 12.6 Å². The number of carboxylic acids is 1. The van der Waals surface area contributed by atoms with Gasteiger partial charge in [0.15, 0.2) is 11.5 Å². The number of nitrogens with zero attached hydrogens (tertiary/aromatic N) is 1. The zero-order chi connectivity index (χ0) is 18.5. The van der Waals surface area contributed by atoms with E-state index in [0.717, 1.165) is 6.07 Å². The molecular weight excluding hydrogens is 320 g/mol. The Morgan fingerprint density at radius 3 is 2.42 bits per heavy atom. The topological polar surface area (TPSA) is 128 Å². The van der Waals surface area contributed by atoms with Crippen LogP contribution in [0.2, 0.25) is 0 Å². The van der Waals surface area contributed by atoms with Crippen molar-refractivity contribution >= 4 is 17.6 Å². The van der Waals surface area contributed by atoms with Gasteiger partial charge in [-0.1, -0.05) is 0 Å². The molecule has 0 saturated heterocycles. The monoisotopic (exact) mass is 340 g/mol. The van der Waals surface area contributed by atoms with E-state index in [1.165, 1.54) is 27.0 Å². The smallest absolute Gasteiger partial charge is 0.310 e. The molecule has 9 nitrogen and oxygen atoms in total. The molecule has 0 fully saturated rings. The fourth-order valence-corrected chi connectivity index (χ4v) is 1.78. The maximum Gasteiger partial charge on any atom is 0.310 e. The molecule has 0 unspecified atom stereocenters. The molecule has 0 aliphatic carbocycles. The number of carboxylic acid groups (broad SMARTS) is 1. The van der Waals surface area contributed by atoms with Crippen molar-refractivity contribution < 1.29 is 29.1 Å². The van der Waals surface area contributed by atoms with E-state index in [-0.39, 0.29) is 30.2 Å². The zero-order valence-electron chi connectivity index (χ0n) is 13.9. The Bertz CT molecular complexity index is 655. The van der Waals surface area contributed by atoms with Crippen LogP contribution in [0.15, 0.2) is 12.1 Å². The first-order valence-electron chi connectivity index (χ1n) is 7.14. The largest absolute Gasteiger partial charge is 0.493 e. The van der Waals surface area contributed by atoms with E-state index in [1.807, 2.05) is 0 Å². The van der Waals surface area contributed by atoms with Crippen LogP contribution in [0.25, 0.3) is 0 Å². The normalized spacial score (nSPS) is 10.8. The highest BCUT2D eigenvalue weighted by Crippen LogP contribution is 2.34. The Morgan fingerprint density at radius 2 is 1.96 bits per heavy atom. The van der Waals surface area contributed by atoms with Gasteiger partial charge >= 0.3 is 5.97 Å².